The van der Waals surface area contributed by atoms with Gasteiger partial charge < -0.3 is 4.74 Å². The van der Waals surface area contributed by atoms with E-state index in [9.17, 15) is 30.4 Å². The number of anilines is 1. The van der Waals surface area contributed by atoms with Crippen molar-refractivity contribution in [1.82, 2.24) is 4.98 Å². The third-order valence-electron chi connectivity index (χ3n) is 3.98. The Labute approximate surface area is 174 Å². The van der Waals surface area contributed by atoms with Crippen molar-refractivity contribution in [2.75, 3.05) is 10.1 Å². The zero-order chi connectivity index (χ0) is 22.6. The van der Waals surface area contributed by atoms with Gasteiger partial charge in [0, 0.05) is 18.5 Å². The molecular weight excluding hydrogens is 443 g/mol. The van der Waals surface area contributed by atoms with E-state index >= 15 is 0 Å². The lowest BCUT2D eigenvalue weighted by atomic mass is 10.2. The van der Waals surface area contributed by atoms with Crippen molar-refractivity contribution >= 4 is 15.7 Å². The van der Waals surface area contributed by atoms with Crippen molar-refractivity contribution in [1.29, 1.82) is 0 Å². The van der Waals surface area contributed by atoms with E-state index in [0.717, 1.165) is 12.1 Å². The van der Waals surface area contributed by atoms with Crippen LogP contribution in [-0.4, -0.2) is 25.3 Å². The van der Waals surface area contributed by atoms with Gasteiger partial charge in [-0.25, -0.2) is 17.2 Å². The molecule has 0 N–H and O–H groups in total. The van der Waals surface area contributed by atoms with Gasteiger partial charge in [-0.1, -0.05) is 6.07 Å². The number of rotatable bonds is 7. The normalized spacial score (nSPS) is 11.9. The Morgan fingerprint density at radius 1 is 1.00 bits per heavy atom. The zero-order valence-corrected chi connectivity index (χ0v) is 16.5. The number of alkyl halides is 3. The summed E-state index contributed by atoms with van der Waals surface area (Å²) in [5.41, 5.74) is 0.321. The van der Waals surface area contributed by atoms with Crippen molar-refractivity contribution in [2.24, 2.45) is 0 Å². The van der Waals surface area contributed by atoms with Gasteiger partial charge in [0.05, 0.1) is 12.2 Å². The molecule has 0 aliphatic rings. The van der Waals surface area contributed by atoms with Crippen LogP contribution in [0, 0.1) is 11.6 Å². The maximum atomic E-state index is 13.7. The van der Waals surface area contributed by atoms with Crippen molar-refractivity contribution in [3.8, 4) is 11.5 Å². The van der Waals surface area contributed by atoms with Gasteiger partial charge in [-0.2, -0.15) is 13.2 Å². The zero-order valence-electron chi connectivity index (χ0n) is 15.7. The second-order valence-electron chi connectivity index (χ2n) is 6.41. The highest BCUT2D eigenvalue weighted by Crippen LogP contribution is 2.30. The third-order valence-corrected chi connectivity index (χ3v) is 5.68. The summed E-state index contributed by atoms with van der Waals surface area (Å²) >= 11 is 0. The molecule has 11 heteroatoms. The van der Waals surface area contributed by atoms with Crippen LogP contribution in [0.3, 0.4) is 0 Å². The number of pyridine rings is 1. The average Bonchev–Trinajstić information content (AvgIpc) is 2.68. The SMILES string of the molecule is O=S(=O)(CC(F)(F)F)N(Cc1cccnc1)c1ccc(Oc2ccc(F)cc2F)cc1. The van der Waals surface area contributed by atoms with Crippen LogP contribution in [0.2, 0.25) is 0 Å². The van der Waals surface area contributed by atoms with E-state index in [2.05, 4.69) is 4.98 Å². The molecule has 0 radical (unpaired) electrons. The van der Waals surface area contributed by atoms with E-state index in [1.165, 1.54) is 48.8 Å². The van der Waals surface area contributed by atoms with Gasteiger partial charge in [0.2, 0.25) is 10.0 Å². The number of sulfonamides is 1. The largest absolute Gasteiger partial charge is 0.454 e. The number of nitrogens with zero attached hydrogens (tertiary/aromatic N) is 2. The summed E-state index contributed by atoms with van der Waals surface area (Å²) in [5, 5.41) is 0. The first kappa shape index (κ1) is 22.5. The summed E-state index contributed by atoms with van der Waals surface area (Å²) in [6.07, 6.45) is -2.15. The molecule has 164 valence electrons. The van der Waals surface area contributed by atoms with Crippen molar-refractivity contribution in [2.45, 2.75) is 12.7 Å². The van der Waals surface area contributed by atoms with E-state index in [0.29, 0.717) is 15.9 Å². The molecule has 3 aromatic rings. The summed E-state index contributed by atoms with van der Waals surface area (Å²) < 4.78 is 96.1. The number of halogens is 5. The van der Waals surface area contributed by atoms with Gasteiger partial charge in [0.25, 0.3) is 0 Å². The Hall–Kier alpha value is -3.21. The molecule has 2 aromatic carbocycles. The highest BCUT2D eigenvalue weighted by molar-refractivity contribution is 7.92. The first-order valence-corrected chi connectivity index (χ1v) is 10.3. The van der Waals surface area contributed by atoms with Crippen LogP contribution in [0.5, 0.6) is 11.5 Å². The second kappa shape index (κ2) is 8.88. The predicted octanol–water partition coefficient (Wildman–Crippen LogP) is 5.05. The lowest BCUT2D eigenvalue weighted by molar-refractivity contribution is -0.106. The van der Waals surface area contributed by atoms with E-state index in [-0.39, 0.29) is 23.7 Å². The molecule has 5 nitrogen and oxygen atoms in total. The Balaban J connectivity index is 1.89. The first-order valence-electron chi connectivity index (χ1n) is 8.72. The van der Waals surface area contributed by atoms with Gasteiger partial charge in [0.15, 0.2) is 17.3 Å². The molecule has 0 bridgehead atoms. The molecule has 0 fully saturated rings. The van der Waals surface area contributed by atoms with E-state index < -0.39 is 33.6 Å². The summed E-state index contributed by atoms with van der Waals surface area (Å²) in [7, 11) is -4.78. The second-order valence-corrected chi connectivity index (χ2v) is 8.30. The molecule has 0 amide bonds. The van der Waals surface area contributed by atoms with Crippen LogP contribution in [0.15, 0.2) is 67.0 Å². The van der Waals surface area contributed by atoms with Crippen molar-refractivity contribution in [3.63, 3.8) is 0 Å². The van der Waals surface area contributed by atoms with Gasteiger partial charge in [-0.05, 0) is 48.0 Å². The van der Waals surface area contributed by atoms with Crippen molar-refractivity contribution < 1.29 is 35.1 Å². The maximum Gasteiger partial charge on any atom is 0.404 e. The number of benzene rings is 2. The van der Waals surface area contributed by atoms with E-state index in [1.54, 1.807) is 0 Å². The molecule has 0 atom stereocenters. The molecule has 0 saturated carbocycles. The van der Waals surface area contributed by atoms with Crippen LogP contribution in [0.1, 0.15) is 5.56 Å². The minimum atomic E-state index is -4.94. The topological polar surface area (TPSA) is 59.5 Å². The van der Waals surface area contributed by atoms with E-state index in [1.807, 2.05) is 0 Å². The van der Waals surface area contributed by atoms with E-state index in [4.69, 9.17) is 4.74 Å². The van der Waals surface area contributed by atoms with Crippen LogP contribution in [-0.2, 0) is 16.6 Å². The van der Waals surface area contributed by atoms with Crippen LogP contribution in [0.25, 0.3) is 0 Å². The monoisotopic (exact) mass is 458 g/mol. The molecule has 0 aliphatic heterocycles. The molecule has 3 rings (SSSR count). The fourth-order valence-electron chi connectivity index (χ4n) is 2.66. The first-order chi connectivity index (χ1) is 14.5. The van der Waals surface area contributed by atoms with Crippen LogP contribution >= 0.6 is 0 Å². The smallest absolute Gasteiger partial charge is 0.404 e. The molecule has 0 unspecified atom stereocenters. The molecule has 0 spiro atoms. The van der Waals surface area contributed by atoms with Gasteiger partial charge in [-0.15, -0.1) is 0 Å². The third kappa shape index (κ3) is 6.14. The molecule has 1 aromatic heterocycles. The maximum absolute atomic E-state index is 13.7. The molecule has 1 heterocycles. The minimum Gasteiger partial charge on any atom is -0.454 e. The lowest BCUT2D eigenvalue weighted by Gasteiger charge is -2.25. The lowest BCUT2D eigenvalue weighted by Crippen LogP contribution is -2.37. The number of hydrogen-bond donors (Lipinski definition) is 0. The molecular formula is C20H15F5N2O3S. The Morgan fingerprint density at radius 2 is 1.71 bits per heavy atom. The number of aromatic nitrogens is 1. The predicted molar refractivity (Wildman–Crippen MR) is 103 cm³/mol. The van der Waals surface area contributed by atoms with Gasteiger partial charge >= 0.3 is 6.18 Å². The van der Waals surface area contributed by atoms with Crippen LogP contribution < -0.4 is 9.04 Å². The molecule has 31 heavy (non-hydrogen) atoms. The Bertz CT molecular complexity index is 1140. The fourth-order valence-corrected chi connectivity index (χ4v) is 4.02. The van der Waals surface area contributed by atoms with Crippen LogP contribution in [0.4, 0.5) is 27.6 Å². The average molecular weight is 458 g/mol. The fraction of sp³-hybridized carbons (Fsp3) is 0.150. The number of ether oxygens (including phenoxy) is 1. The van der Waals surface area contributed by atoms with Gasteiger partial charge in [0.1, 0.15) is 11.6 Å². The summed E-state index contributed by atoms with van der Waals surface area (Å²) in [5.74, 6) is -3.98. The summed E-state index contributed by atoms with van der Waals surface area (Å²) in [6.45, 7) is -0.376. The molecule has 0 aliphatic carbocycles. The summed E-state index contributed by atoms with van der Waals surface area (Å²) in [4.78, 5) is 3.84. The minimum absolute atomic E-state index is 0.0555. The standard InChI is InChI=1S/C20H15F5N2O3S/c21-15-3-8-19(18(22)10-15)30-17-6-4-16(5-7-17)27(12-14-2-1-9-26-11-14)31(28,29)13-20(23,24)25/h1-11H,12-13H2. The Morgan fingerprint density at radius 3 is 2.29 bits per heavy atom. The molecule has 0 saturated heterocycles. The highest BCUT2D eigenvalue weighted by Gasteiger charge is 2.38. The highest BCUT2D eigenvalue weighted by atomic mass is 32.2. The van der Waals surface area contributed by atoms with Crippen molar-refractivity contribution in [3.05, 3.63) is 84.2 Å². The number of hydrogen-bond acceptors (Lipinski definition) is 4. The Kier molecular flexibility index (Phi) is 6.44. The summed E-state index contributed by atoms with van der Waals surface area (Å²) in [6, 6.07) is 10.7. The van der Waals surface area contributed by atoms with Gasteiger partial charge in [-0.3, -0.25) is 9.29 Å². The quantitative estimate of drug-likeness (QED) is 0.465.